The molecule has 1 unspecified atom stereocenters. The lowest BCUT2D eigenvalue weighted by Crippen LogP contribution is -2.46. The van der Waals surface area contributed by atoms with E-state index in [0.717, 1.165) is 30.5 Å². The average Bonchev–Trinajstić information content (AvgIpc) is 3.27. The van der Waals surface area contributed by atoms with Crippen molar-refractivity contribution in [1.29, 1.82) is 0 Å². The maximum Gasteiger partial charge on any atom is 0.416 e. The minimum absolute atomic E-state index is 0.0269. The standard InChI is InChI=1S/C24H22ClF3N2O6S/c1-37(33,34)29-23(32)18-6-3-9-30(18)10-11-35-20-12-14(24(26,27)28)7-8-16(20)21-13-19(31)15-4-2-5-17(25)22(15)36-21/h2,4-5,7-8,12-13,18H,3,6,9-11H2,1H3,(H,29,32). The summed E-state index contributed by atoms with van der Waals surface area (Å²) in [5, 5.41) is 0.386. The third-order valence-electron chi connectivity index (χ3n) is 5.87. The number of halogens is 4. The first-order valence-corrected chi connectivity index (χ1v) is 13.4. The zero-order valence-electron chi connectivity index (χ0n) is 19.5. The van der Waals surface area contributed by atoms with E-state index in [1.807, 2.05) is 4.72 Å². The number of carbonyl (C=O) groups is 1. The second-order valence-corrected chi connectivity index (χ2v) is 10.7. The van der Waals surface area contributed by atoms with Crippen LogP contribution in [0.5, 0.6) is 5.75 Å². The lowest BCUT2D eigenvalue weighted by atomic mass is 10.1. The van der Waals surface area contributed by atoms with E-state index in [4.69, 9.17) is 20.8 Å². The Hall–Kier alpha value is -3.09. The smallest absolute Gasteiger partial charge is 0.416 e. The van der Waals surface area contributed by atoms with Gasteiger partial charge in [0.1, 0.15) is 18.1 Å². The van der Waals surface area contributed by atoms with Crippen molar-refractivity contribution in [2.75, 3.05) is 26.0 Å². The summed E-state index contributed by atoms with van der Waals surface area (Å²) in [4.78, 5) is 26.6. The molecule has 3 aromatic rings. The Morgan fingerprint density at radius 2 is 2.00 bits per heavy atom. The molecule has 13 heteroatoms. The van der Waals surface area contributed by atoms with Gasteiger partial charge in [0.2, 0.25) is 10.0 Å². The van der Waals surface area contributed by atoms with E-state index in [2.05, 4.69) is 0 Å². The van der Waals surface area contributed by atoms with Gasteiger partial charge in [-0.3, -0.25) is 19.2 Å². The number of alkyl halides is 3. The van der Waals surface area contributed by atoms with Crippen LogP contribution in [0, 0.1) is 0 Å². The maximum atomic E-state index is 13.4. The number of amides is 1. The summed E-state index contributed by atoms with van der Waals surface area (Å²) in [6, 6.07) is 7.88. The fourth-order valence-corrected chi connectivity index (χ4v) is 4.93. The number of nitrogens with zero attached hydrogens (tertiary/aromatic N) is 1. The lowest BCUT2D eigenvalue weighted by Gasteiger charge is -2.23. The highest BCUT2D eigenvalue weighted by Gasteiger charge is 2.33. The highest BCUT2D eigenvalue weighted by Crippen LogP contribution is 2.38. The van der Waals surface area contributed by atoms with E-state index in [1.54, 1.807) is 11.0 Å². The van der Waals surface area contributed by atoms with Gasteiger partial charge in [0, 0.05) is 12.6 Å². The normalized spacial score (nSPS) is 16.7. The summed E-state index contributed by atoms with van der Waals surface area (Å²) in [6.07, 6.45) is -2.70. The van der Waals surface area contributed by atoms with Crippen molar-refractivity contribution in [2.45, 2.75) is 25.1 Å². The topological polar surface area (TPSA) is 106 Å². The van der Waals surface area contributed by atoms with Gasteiger partial charge in [0.05, 0.1) is 33.8 Å². The minimum Gasteiger partial charge on any atom is -0.491 e. The molecular weight excluding hydrogens is 537 g/mol. The Labute approximate surface area is 215 Å². The number of carbonyl (C=O) groups excluding carboxylic acids is 1. The van der Waals surface area contributed by atoms with Crippen LogP contribution in [0.2, 0.25) is 5.02 Å². The molecule has 8 nitrogen and oxygen atoms in total. The predicted molar refractivity (Wildman–Crippen MR) is 131 cm³/mol. The van der Waals surface area contributed by atoms with E-state index >= 15 is 0 Å². The molecular formula is C24H22ClF3N2O6S. The third-order valence-corrected chi connectivity index (χ3v) is 6.74. The summed E-state index contributed by atoms with van der Waals surface area (Å²) in [6.45, 7) is 0.513. The number of sulfonamides is 1. The molecule has 1 fully saturated rings. The largest absolute Gasteiger partial charge is 0.491 e. The van der Waals surface area contributed by atoms with Crippen LogP contribution >= 0.6 is 11.6 Å². The Balaban J connectivity index is 1.61. The van der Waals surface area contributed by atoms with E-state index in [-0.39, 0.29) is 46.2 Å². The summed E-state index contributed by atoms with van der Waals surface area (Å²) in [7, 11) is -3.73. The number of hydrogen-bond acceptors (Lipinski definition) is 7. The number of likely N-dealkylation sites (tertiary alicyclic amines) is 1. The van der Waals surface area contributed by atoms with Crippen LogP contribution in [0.15, 0.2) is 51.7 Å². The van der Waals surface area contributed by atoms with Crippen LogP contribution in [0.25, 0.3) is 22.3 Å². The molecule has 1 atom stereocenters. The van der Waals surface area contributed by atoms with Gasteiger partial charge in [-0.15, -0.1) is 0 Å². The second kappa shape index (κ2) is 10.3. The number of nitrogens with one attached hydrogen (secondary N) is 1. The Bertz CT molecular complexity index is 1510. The molecule has 4 rings (SSSR count). The Morgan fingerprint density at radius 3 is 2.70 bits per heavy atom. The van der Waals surface area contributed by atoms with Crippen LogP contribution in [0.3, 0.4) is 0 Å². The van der Waals surface area contributed by atoms with Gasteiger partial charge in [0.25, 0.3) is 5.91 Å². The van der Waals surface area contributed by atoms with Crippen molar-refractivity contribution in [2.24, 2.45) is 0 Å². The molecule has 198 valence electrons. The van der Waals surface area contributed by atoms with Crippen LogP contribution in [-0.2, 0) is 21.0 Å². The number of rotatable bonds is 7. The second-order valence-electron chi connectivity index (χ2n) is 8.58. The molecule has 1 N–H and O–H groups in total. The zero-order chi connectivity index (χ0) is 27.0. The summed E-state index contributed by atoms with van der Waals surface area (Å²) >= 11 is 6.16. The highest BCUT2D eigenvalue weighted by atomic mass is 35.5. The number of fused-ring (bicyclic) bond motifs is 1. The van der Waals surface area contributed by atoms with E-state index in [0.29, 0.717) is 19.4 Å². The van der Waals surface area contributed by atoms with Crippen molar-refractivity contribution in [3.05, 3.63) is 63.3 Å². The number of benzene rings is 2. The lowest BCUT2D eigenvalue weighted by molar-refractivity contribution is -0.137. The molecule has 0 radical (unpaired) electrons. The summed E-state index contributed by atoms with van der Waals surface area (Å²) in [5.41, 5.74) is -1.19. The predicted octanol–water partition coefficient (Wildman–Crippen LogP) is 4.05. The molecule has 2 aromatic carbocycles. The average molecular weight is 559 g/mol. The first kappa shape index (κ1) is 27.0. The molecule has 1 saturated heterocycles. The van der Waals surface area contributed by atoms with Crippen LogP contribution in [0.4, 0.5) is 13.2 Å². The monoisotopic (exact) mass is 558 g/mol. The Kier molecular flexibility index (Phi) is 7.54. The van der Waals surface area contributed by atoms with E-state index in [9.17, 15) is 31.2 Å². The first-order valence-electron chi connectivity index (χ1n) is 11.2. The van der Waals surface area contributed by atoms with Crippen LogP contribution in [-0.4, -0.2) is 51.2 Å². The molecule has 1 aromatic heterocycles. The van der Waals surface area contributed by atoms with Crippen molar-refractivity contribution in [1.82, 2.24) is 9.62 Å². The molecule has 1 amide bonds. The highest BCUT2D eigenvalue weighted by molar-refractivity contribution is 7.89. The SMILES string of the molecule is CS(=O)(=O)NC(=O)C1CCCN1CCOc1cc(C(F)(F)F)ccc1-c1cc(=O)c2cccc(Cl)c2o1. The van der Waals surface area contributed by atoms with Gasteiger partial charge in [-0.25, -0.2) is 8.42 Å². The molecule has 0 aliphatic carbocycles. The number of hydrogen-bond donors (Lipinski definition) is 1. The van der Waals surface area contributed by atoms with Gasteiger partial charge >= 0.3 is 6.18 Å². The molecule has 0 bridgehead atoms. The van der Waals surface area contributed by atoms with Crippen LogP contribution in [0.1, 0.15) is 18.4 Å². The fourth-order valence-electron chi connectivity index (χ4n) is 4.21. The van der Waals surface area contributed by atoms with Crippen molar-refractivity contribution < 1.29 is 35.5 Å². The first-order chi connectivity index (χ1) is 17.3. The van der Waals surface area contributed by atoms with Crippen molar-refractivity contribution >= 4 is 38.5 Å². The van der Waals surface area contributed by atoms with Crippen molar-refractivity contribution in [3.8, 4) is 17.1 Å². The summed E-state index contributed by atoms with van der Waals surface area (Å²) in [5.74, 6) is -0.879. The molecule has 1 aliphatic rings. The van der Waals surface area contributed by atoms with E-state index < -0.39 is 39.1 Å². The number of ether oxygens (including phenoxy) is 1. The maximum absolute atomic E-state index is 13.4. The van der Waals surface area contributed by atoms with Gasteiger partial charge < -0.3 is 9.15 Å². The van der Waals surface area contributed by atoms with Crippen molar-refractivity contribution in [3.63, 3.8) is 0 Å². The summed E-state index contributed by atoms with van der Waals surface area (Å²) < 4.78 is 76.5. The molecule has 1 aliphatic heterocycles. The quantitative estimate of drug-likeness (QED) is 0.466. The minimum atomic E-state index is -4.64. The molecule has 0 saturated carbocycles. The van der Waals surface area contributed by atoms with Crippen LogP contribution < -0.4 is 14.9 Å². The number of para-hydroxylation sites is 1. The Morgan fingerprint density at radius 1 is 1.24 bits per heavy atom. The van der Waals surface area contributed by atoms with Gasteiger partial charge in [-0.05, 0) is 49.7 Å². The molecule has 0 spiro atoms. The van der Waals surface area contributed by atoms with Gasteiger partial charge in [-0.1, -0.05) is 17.7 Å². The third kappa shape index (κ3) is 6.25. The fraction of sp³-hybridized carbons (Fsp3) is 0.333. The van der Waals surface area contributed by atoms with Gasteiger partial charge in [0.15, 0.2) is 11.0 Å². The molecule has 2 heterocycles. The van der Waals surface area contributed by atoms with Gasteiger partial charge in [-0.2, -0.15) is 13.2 Å². The van der Waals surface area contributed by atoms with E-state index in [1.165, 1.54) is 12.1 Å². The zero-order valence-corrected chi connectivity index (χ0v) is 21.0. The molecule has 37 heavy (non-hydrogen) atoms.